The predicted octanol–water partition coefficient (Wildman–Crippen LogP) is 2.11. The van der Waals surface area contributed by atoms with Gasteiger partial charge in [-0.05, 0) is 32.1 Å². The molecule has 0 heterocycles. The Kier molecular flexibility index (Phi) is 7.52. The number of hydrogen-bond acceptors (Lipinski definition) is 3. The maximum atomic E-state index is 12.3. The van der Waals surface area contributed by atoms with Crippen LogP contribution in [-0.4, -0.2) is 53.1 Å². The van der Waals surface area contributed by atoms with E-state index in [0.717, 1.165) is 25.7 Å². The number of aliphatic carboxylic acids is 1. The molecule has 7 nitrogen and oxygen atoms in total. The molecule has 2 rings (SSSR count). The SMILES string of the molecule is CC(CN(C(=O)CCCNC(=O)NC1CCCCC1)C1CC1)C(=O)O. The Morgan fingerprint density at radius 1 is 1.12 bits per heavy atom. The highest BCUT2D eigenvalue weighted by molar-refractivity contribution is 5.78. The number of nitrogens with zero attached hydrogens (tertiary/aromatic N) is 1. The maximum Gasteiger partial charge on any atom is 0.315 e. The van der Waals surface area contributed by atoms with E-state index in [1.807, 2.05) is 0 Å². The summed E-state index contributed by atoms with van der Waals surface area (Å²) < 4.78 is 0. The van der Waals surface area contributed by atoms with Crippen LogP contribution in [0.5, 0.6) is 0 Å². The van der Waals surface area contributed by atoms with Crippen LogP contribution in [0.1, 0.15) is 64.7 Å². The average molecular weight is 353 g/mol. The Labute approximate surface area is 149 Å². The molecule has 2 aliphatic rings. The van der Waals surface area contributed by atoms with Gasteiger partial charge in [0, 0.05) is 31.6 Å². The van der Waals surface area contributed by atoms with Crippen LogP contribution in [0, 0.1) is 5.92 Å². The minimum Gasteiger partial charge on any atom is -0.481 e. The van der Waals surface area contributed by atoms with E-state index in [9.17, 15) is 14.4 Å². The highest BCUT2D eigenvalue weighted by atomic mass is 16.4. The number of hydrogen-bond donors (Lipinski definition) is 3. The summed E-state index contributed by atoms with van der Waals surface area (Å²) in [5.74, 6) is -1.44. The van der Waals surface area contributed by atoms with Gasteiger partial charge in [0.2, 0.25) is 5.91 Å². The fourth-order valence-corrected chi connectivity index (χ4v) is 3.28. The Hall–Kier alpha value is -1.79. The Balaban J connectivity index is 1.63. The van der Waals surface area contributed by atoms with Crippen LogP contribution in [-0.2, 0) is 9.59 Å². The van der Waals surface area contributed by atoms with Crippen molar-refractivity contribution in [1.82, 2.24) is 15.5 Å². The van der Waals surface area contributed by atoms with Crippen molar-refractivity contribution in [3.8, 4) is 0 Å². The molecule has 1 unspecified atom stereocenters. The zero-order valence-corrected chi connectivity index (χ0v) is 15.1. The van der Waals surface area contributed by atoms with Gasteiger partial charge in [0.15, 0.2) is 0 Å². The van der Waals surface area contributed by atoms with Crippen molar-refractivity contribution in [2.45, 2.75) is 76.8 Å². The molecule has 0 spiro atoms. The molecule has 1 atom stereocenters. The normalized spacial score (nSPS) is 19.1. The van der Waals surface area contributed by atoms with E-state index >= 15 is 0 Å². The second-order valence-corrected chi connectivity index (χ2v) is 7.36. The minimum atomic E-state index is -0.875. The number of carboxylic acids is 1. The first-order valence-electron chi connectivity index (χ1n) is 9.54. The molecule has 142 valence electrons. The number of carbonyl (C=O) groups is 3. The summed E-state index contributed by atoms with van der Waals surface area (Å²) in [6.45, 7) is 2.36. The van der Waals surface area contributed by atoms with Crippen LogP contribution < -0.4 is 10.6 Å². The molecule has 0 aliphatic heterocycles. The number of carboxylic acid groups (broad SMARTS) is 1. The Bertz CT molecular complexity index is 473. The fraction of sp³-hybridized carbons (Fsp3) is 0.833. The third-order valence-electron chi connectivity index (χ3n) is 4.99. The second kappa shape index (κ2) is 9.63. The van der Waals surface area contributed by atoms with Crippen molar-refractivity contribution in [1.29, 1.82) is 0 Å². The molecule has 0 radical (unpaired) electrons. The van der Waals surface area contributed by atoms with E-state index < -0.39 is 11.9 Å². The lowest BCUT2D eigenvalue weighted by molar-refractivity contribution is -0.143. The first-order valence-corrected chi connectivity index (χ1v) is 9.54. The summed E-state index contributed by atoms with van der Waals surface area (Å²) in [5.41, 5.74) is 0. The van der Waals surface area contributed by atoms with Crippen LogP contribution in [0.2, 0.25) is 0 Å². The highest BCUT2D eigenvalue weighted by Gasteiger charge is 2.34. The molecular formula is C18H31N3O4. The number of rotatable bonds is 9. The second-order valence-electron chi connectivity index (χ2n) is 7.36. The van der Waals surface area contributed by atoms with Crippen LogP contribution >= 0.6 is 0 Å². The van der Waals surface area contributed by atoms with E-state index in [1.54, 1.807) is 11.8 Å². The molecule has 0 aromatic heterocycles. The van der Waals surface area contributed by atoms with Crippen molar-refractivity contribution in [2.24, 2.45) is 5.92 Å². The van der Waals surface area contributed by atoms with E-state index in [-0.39, 0.29) is 30.6 Å². The van der Waals surface area contributed by atoms with Gasteiger partial charge < -0.3 is 20.6 Å². The van der Waals surface area contributed by atoms with Crippen LogP contribution in [0.3, 0.4) is 0 Å². The molecule has 0 saturated heterocycles. The van der Waals surface area contributed by atoms with Crippen molar-refractivity contribution in [3.63, 3.8) is 0 Å². The molecule has 0 aromatic rings. The summed E-state index contributed by atoms with van der Waals surface area (Å²) in [5, 5.41) is 14.8. The molecule has 0 aromatic carbocycles. The lowest BCUT2D eigenvalue weighted by Gasteiger charge is -2.24. The molecular weight excluding hydrogens is 322 g/mol. The van der Waals surface area contributed by atoms with E-state index in [4.69, 9.17) is 5.11 Å². The van der Waals surface area contributed by atoms with Gasteiger partial charge in [-0.25, -0.2) is 4.79 Å². The summed E-state index contributed by atoms with van der Waals surface area (Å²) in [4.78, 5) is 36.9. The average Bonchev–Trinajstić information content (AvgIpc) is 3.41. The van der Waals surface area contributed by atoms with E-state index in [2.05, 4.69) is 10.6 Å². The topological polar surface area (TPSA) is 98.7 Å². The standard InChI is InChI=1S/C18H31N3O4/c1-13(17(23)24)12-21(15-9-10-15)16(22)8-5-11-19-18(25)20-14-6-3-2-4-7-14/h13-15H,2-12H2,1H3,(H,23,24)(H2,19,20,25). The third kappa shape index (κ3) is 6.92. The monoisotopic (exact) mass is 353 g/mol. The van der Waals surface area contributed by atoms with Gasteiger partial charge in [0.1, 0.15) is 0 Å². The first-order chi connectivity index (χ1) is 12.0. The maximum absolute atomic E-state index is 12.3. The summed E-state index contributed by atoms with van der Waals surface area (Å²) in [7, 11) is 0. The van der Waals surface area contributed by atoms with Gasteiger partial charge in [0.25, 0.3) is 0 Å². The molecule has 25 heavy (non-hydrogen) atoms. The number of nitrogens with one attached hydrogen (secondary N) is 2. The third-order valence-corrected chi connectivity index (χ3v) is 4.99. The molecule has 2 fully saturated rings. The molecule has 3 amide bonds. The molecule has 3 N–H and O–H groups in total. The van der Waals surface area contributed by atoms with E-state index in [0.29, 0.717) is 19.4 Å². The summed E-state index contributed by atoms with van der Waals surface area (Å²) in [6, 6.07) is 0.327. The van der Waals surface area contributed by atoms with Crippen molar-refractivity contribution >= 4 is 17.9 Å². The first kappa shape index (κ1) is 19.5. The van der Waals surface area contributed by atoms with Crippen LogP contribution in [0.4, 0.5) is 4.79 Å². The van der Waals surface area contributed by atoms with Crippen molar-refractivity contribution in [2.75, 3.05) is 13.1 Å². The Morgan fingerprint density at radius 3 is 2.40 bits per heavy atom. The van der Waals surface area contributed by atoms with Crippen molar-refractivity contribution < 1.29 is 19.5 Å². The highest BCUT2D eigenvalue weighted by Crippen LogP contribution is 2.28. The quantitative estimate of drug-likeness (QED) is 0.553. The summed E-state index contributed by atoms with van der Waals surface area (Å²) in [6.07, 6.45) is 8.51. The zero-order chi connectivity index (χ0) is 18.2. The molecule has 2 aliphatic carbocycles. The minimum absolute atomic E-state index is 0.00918. The van der Waals surface area contributed by atoms with Gasteiger partial charge in [0.05, 0.1) is 5.92 Å². The van der Waals surface area contributed by atoms with Gasteiger partial charge in [-0.3, -0.25) is 9.59 Å². The van der Waals surface area contributed by atoms with Gasteiger partial charge >= 0.3 is 12.0 Å². The van der Waals surface area contributed by atoms with Gasteiger partial charge in [-0.1, -0.05) is 26.2 Å². The van der Waals surface area contributed by atoms with Gasteiger partial charge in [-0.15, -0.1) is 0 Å². The lowest BCUT2D eigenvalue weighted by Crippen LogP contribution is -2.43. The fourth-order valence-electron chi connectivity index (χ4n) is 3.28. The number of amides is 3. The van der Waals surface area contributed by atoms with Crippen LogP contribution in [0.15, 0.2) is 0 Å². The predicted molar refractivity (Wildman–Crippen MR) is 94.2 cm³/mol. The molecule has 2 saturated carbocycles. The number of urea groups is 1. The number of carbonyl (C=O) groups excluding carboxylic acids is 2. The largest absolute Gasteiger partial charge is 0.481 e. The lowest BCUT2D eigenvalue weighted by atomic mass is 9.96. The van der Waals surface area contributed by atoms with E-state index in [1.165, 1.54) is 19.3 Å². The smallest absolute Gasteiger partial charge is 0.315 e. The Morgan fingerprint density at radius 2 is 1.80 bits per heavy atom. The summed E-state index contributed by atoms with van der Waals surface area (Å²) >= 11 is 0. The molecule has 0 bridgehead atoms. The molecule has 7 heteroatoms. The van der Waals surface area contributed by atoms with Crippen LogP contribution in [0.25, 0.3) is 0 Å². The zero-order valence-electron chi connectivity index (χ0n) is 15.1. The van der Waals surface area contributed by atoms with Gasteiger partial charge in [-0.2, -0.15) is 0 Å². The van der Waals surface area contributed by atoms with Crippen molar-refractivity contribution in [3.05, 3.63) is 0 Å².